The fourth-order valence-electron chi connectivity index (χ4n) is 5.36. The average Bonchev–Trinajstić information content (AvgIpc) is 3.29. The molecule has 0 atom stereocenters. The van der Waals surface area contributed by atoms with E-state index in [0.29, 0.717) is 0 Å². The van der Waals surface area contributed by atoms with E-state index >= 15 is 0 Å². The van der Waals surface area contributed by atoms with Crippen LogP contribution in [0.4, 0.5) is 11.4 Å². The van der Waals surface area contributed by atoms with E-state index in [1.165, 1.54) is 76.2 Å². The molecule has 0 unspecified atom stereocenters. The van der Waals surface area contributed by atoms with Crippen molar-refractivity contribution in [3.63, 3.8) is 0 Å². The zero-order valence-corrected chi connectivity index (χ0v) is 25.4. The van der Waals surface area contributed by atoms with Crippen LogP contribution in [0.5, 0.6) is 0 Å². The molecule has 0 saturated carbocycles. The third-order valence-electron chi connectivity index (χ3n) is 8.76. The van der Waals surface area contributed by atoms with Crippen molar-refractivity contribution in [2.45, 2.75) is 83.1 Å². The first-order valence-electron chi connectivity index (χ1n) is 13.1. The van der Waals surface area contributed by atoms with Crippen molar-refractivity contribution in [2.75, 3.05) is 0 Å². The molecule has 37 heavy (non-hydrogen) atoms. The summed E-state index contributed by atoms with van der Waals surface area (Å²) >= 11 is 1.81. The average molecular weight is 509 g/mol. The molecule has 2 nitrogen and oxygen atoms in total. The third-order valence-corrected chi connectivity index (χ3v) is 10.2. The highest BCUT2D eigenvalue weighted by molar-refractivity contribution is 7.18. The van der Waals surface area contributed by atoms with Crippen molar-refractivity contribution in [1.29, 1.82) is 0 Å². The molecular formula is C34H40N2S. The molecule has 0 aliphatic rings. The highest BCUT2D eigenvalue weighted by atomic mass is 32.1. The van der Waals surface area contributed by atoms with E-state index in [4.69, 9.17) is 9.98 Å². The first-order chi connectivity index (χ1) is 17.4. The maximum absolute atomic E-state index is 5.25. The second-order valence-corrected chi connectivity index (χ2v) is 11.7. The van der Waals surface area contributed by atoms with Crippen LogP contribution in [0.2, 0.25) is 0 Å². The van der Waals surface area contributed by atoms with Crippen LogP contribution in [0.3, 0.4) is 0 Å². The molecule has 0 spiro atoms. The van der Waals surface area contributed by atoms with E-state index in [9.17, 15) is 0 Å². The van der Waals surface area contributed by atoms with Gasteiger partial charge in [0.1, 0.15) is 0 Å². The fraction of sp³-hybridized carbons (Fsp3) is 0.353. The normalized spacial score (nSPS) is 12.6. The number of benzene rings is 3. The van der Waals surface area contributed by atoms with Crippen molar-refractivity contribution in [3.8, 4) is 0 Å². The second-order valence-electron chi connectivity index (χ2n) is 10.6. The quantitative estimate of drug-likeness (QED) is 0.245. The summed E-state index contributed by atoms with van der Waals surface area (Å²) in [7, 11) is 0. The van der Waals surface area contributed by atoms with Crippen molar-refractivity contribution >= 4 is 44.9 Å². The van der Waals surface area contributed by atoms with Crippen molar-refractivity contribution in [2.24, 2.45) is 9.98 Å². The molecule has 3 heteroatoms. The Morgan fingerprint density at radius 1 is 0.459 bits per heavy atom. The molecule has 0 saturated heterocycles. The standard InChI is InChI=1S/C34H40N2S/c1-17-19(3)23(7)31(24(8)20(17)4)35-27(11)33-29-15-13-14-16-30(29)34(37-33)28(12)36-32-25(9)21(5)18(2)22(6)26(32)10/h13-16H,1-12H3/b35-27+,36-28+. The van der Waals surface area contributed by atoms with Gasteiger partial charge in [0.25, 0.3) is 0 Å². The Hall–Kier alpha value is -3.04. The molecule has 0 radical (unpaired) electrons. The zero-order chi connectivity index (χ0) is 27.3. The molecule has 192 valence electrons. The van der Waals surface area contributed by atoms with Gasteiger partial charge in [-0.2, -0.15) is 0 Å². The summed E-state index contributed by atoms with van der Waals surface area (Å²) in [6.07, 6.45) is 0. The predicted octanol–water partition coefficient (Wildman–Crippen LogP) is 10.3. The summed E-state index contributed by atoms with van der Waals surface area (Å²) in [4.78, 5) is 12.9. The molecule has 0 fully saturated rings. The van der Waals surface area contributed by atoms with Crippen molar-refractivity contribution in [1.82, 2.24) is 0 Å². The number of thiophene rings is 1. The number of aliphatic imine (C=N–C) groups is 2. The molecule has 0 bridgehead atoms. The van der Waals surface area contributed by atoms with Gasteiger partial charge in [0, 0.05) is 10.8 Å². The van der Waals surface area contributed by atoms with Gasteiger partial charge in [0.15, 0.2) is 0 Å². The smallest absolute Gasteiger partial charge is 0.0697 e. The Kier molecular flexibility index (Phi) is 7.32. The Morgan fingerprint density at radius 3 is 1.03 bits per heavy atom. The van der Waals surface area contributed by atoms with Gasteiger partial charge in [-0.25, -0.2) is 0 Å². The van der Waals surface area contributed by atoms with Crippen LogP contribution >= 0.6 is 11.3 Å². The minimum absolute atomic E-state index is 1.06. The minimum Gasteiger partial charge on any atom is -0.252 e. The lowest BCUT2D eigenvalue weighted by Gasteiger charge is -2.16. The molecule has 4 rings (SSSR count). The highest BCUT2D eigenvalue weighted by Crippen LogP contribution is 2.38. The Bertz CT molecular complexity index is 1450. The second kappa shape index (κ2) is 10.0. The number of hydrogen-bond donors (Lipinski definition) is 0. The lowest BCUT2D eigenvalue weighted by molar-refractivity contribution is 1.16. The summed E-state index contributed by atoms with van der Waals surface area (Å²) < 4.78 is 0. The molecule has 3 aromatic carbocycles. The van der Waals surface area contributed by atoms with Crippen LogP contribution in [-0.2, 0) is 0 Å². The summed E-state index contributed by atoms with van der Waals surface area (Å²) in [5.74, 6) is 0. The minimum atomic E-state index is 1.06. The molecular weight excluding hydrogens is 468 g/mol. The summed E-state index contributed by atoms with van der Waals surface area (Å²) in [5.41, 5.74) is 17.5. The van der Waals surface area contributed by atoms with Crippen LogP contribution in [0.1, 0.15) is 79.2 Å². The van der Waals surface area contributed by atoms with E-state index in [1.54, 1.807) is 0 Å². The van der Waals surface area contributed by atoms with Gasteiger partial charge in [-0.05, 0) is 139 Å². The lowest BCUT2D eigenvalue weighted by Crippen LogP contribution is -1.98. The molecule has 0 amide bonds. The fourth-order valence-corrected chi connectivity index (χ4v) is 6.53. The maximum atomic E-state index is 5.25. The number of nitrogens with zero attached hydrogens (tertiary/aromatic N) is 2. The lowest BCUT2D eigenvalue weighted by atomic mass is 9.93. The number of fused-ring (bicyclic) bond motifs is 1. The van der Waals surface area contributed by atoms with Gasteiger partial charge in [-0.1, -0.05) is 24.3 Å². The first-order valence-corrected chi connectivity index (χ1v) is 13.9. The van der Waals surface area contributed by atoms with Gasteiger partial charge < -0.3 is 0 Å². The first kappa shape index (κ1) is 27.0. The van der Waals surface area contributed by atoms with Crippen LogP contribution in [0, 0.1) is 69.2 Å². The van der Waals surface area contributed by atoms with Crippen LogP contribution in [-0.4, -0.2) is 11.4 Å². The summed E-state index contributed by atoms with van der Waals surface area (Å²) in [6.45, 7) is 26.4. The Morgan fingerprint density at radius 2 is 0.730 bits per heavy atom. The van der Waals surface area contributed by atoms with E-state index in [-0.39, 0.29) is 0 Å². The molecule has 0 aliphatic heterocycles. The Labute approximate surface area is 227 Å². The number of rotatable bonds is 4. The molecule has 0 N–H and O–H groups in total. The topological polar surface area (TPSA) is 24.7 Å². The summed E-state index contributed by atoms with van der Waals surface area (Å²) in [6, 6.07) is 8.69. The van der Waals surface area contributed by atoms with Gasteiger partial charge in [0.05, 0.1) is 32.6 Å². The van der Waals surface area contributed by atoms with Gasteiger partial charge in [-0.3, -0.25) is 9.98 Å². The van der Waals surface area contributed by atoms with Crippen LogP contribution < -0.4 is 0 Å². The van der Waals surface area contributed by atoms with Crippen LogP contribution in [0.25, 0.3) is 10.8 Å². The predicted molar refractivity (Wildman–Crippen MR) is 166 cm³/mol. The van der Waals surface area contributed by atoms with Gasteiger partial charge in [0.2, 0.25) is 0 Å². The largest absolute Gasteiger partial charge is 0.252 e. The monoisotopic (exact) mass is 508 g/mol. The molecule has 0 aliphatic carbocycles. The number of hydrogen-bond acceptors (Lipinski definition) is 3. The van der Waals surface area contributed by atoms with Crippen molar-refractivity contribution in [3.05, 3.63) is 89.7 Å². The highest BCUT2D eigenvalue weighted by Gasteiger charge is 2.18. The summed E-state index contributed by atoms with van der Waals surface area (Å²) in [5, 5.41) is 2.50. The maximum Gasteiger partial charge on any atom is 0.0697 e. The molecule has 1 heterocycles. The van der Waals surface area contributed by atoms with Crippen LogP contribution in [0.15, 0.2) is 34.3 Å². The zero-order valence-electron chi connectivity index (χ0n) is 24.6. The molecule has 1 aromatic heterocycles. The third kappa shape index (κ3) is 4.48. The SMILES string of the molecule is C/C(=N\c1c(C)c(C)c(C)c(C)c1C)c1sc(/C(C)=N/c2c(C)c(C)c(C)c(C)c2C)c2ccccc12. The van der Waals surface area contributed by atoms with E-state index in [1.807, 2.05) is 11.3 Å². The van der Waals surface area contributed by atoms with E-state index < -0.39 is 0 Å². The van der Waals surface area contributed by atoms with Crippen molar-refractivity contribution < 1.29 is 0 Å². The van der Waals surface area contributed by atoms with E-state index in [0.717, 1.165) is 22.8 Å². The molecule has 4 aromatic rings. The Balaban J connectivity index is 1.91. The van der Waals surface area contributed by atoms with E-state index in [2.05, 4.69) is 107 Å². The van der Waals surface area contributed by atoms with Gasteiger partial charge in [-0.15, -0.1) is 11.3 Å². The van der Waals surface area contributed by atoms with Gasteiger partial charge >= 0.3 is 0 Å².